The second kappa shape index (κ2) is 7.55. The van der Waals surface area contributed by atoms with Crippen molar-refractivity contribution in [1.29, 1.82) is 0 Å². The molecule has 98 valence electrons. The number of nitrogens with one attached hydrogen (secondary N) is 2. The van der Waals surface area contributed by atoms with E-state index in [2.05, 4.69) is 10.6 Å². The third kappa shape index (κ3) is 5.05. The molecule has 0 radical (unpaired) electrons. The summed E-state index contributed by atoms with van der Waals surface area (Å²) in [5.41, 5.74) is 0.578. The molecule has 1 rings (SSSR count). The van der Waals surface area contributed by atoms with Gasteiger partial charge in [0, 0.05) is 18.0 Å². The minimum absolute atomic E-state index is 0.109. The molecule has 0 unspecified atom stereocenters. The van der Waals surface area contributed by atoms with Crippen molar-refractivity contribution in [3.63, 3.8) is 0 Å². The zero-order valence-corrected chi connectivity index (χ0v) is 10.8. The summed E-state index contributed by atoms with van der Waals surface area (Å²) in [5, 5.41) is 4.70. The van der Waals surface area contributed by atoms with Crippen molar-refractivity contribution in [2.24, 2.45) is 0 Å². The van der Waals surface area contributed by atoms with Gasteiger partial charge in [0.2, 0.25) is 5.91 Å². The Balaban J connectivity index is 2.46. The molecule has 1 aromatic carbocycles. The number of rotatable bonds is 5. The first-order chi connectivity index (χ1) is 8.65. The number of benzene rings is 1. The standard InChI is InChI=1S/C12H15ClN2O3/c1-2-18-10-5-3-9(4-6-10)14-12(17)15-11(16)7-8-13/h3-6H,2,7-8H2,1H3,(H2,14,15,16,17). The van der Waals surface area contributed by atoms with E-state index in [1.807, 2.05) is 6.92 Å². The molecule has 0 saturated carbocycles. The first kappa shape index (κ1) is 14.3. The summed E-state index contributed by atoms with van der Waals surface area (Å²) in [6.45, 7) is 2.47. The van der Waals surface area contributed by atoms with Gasteiger partial charge in [-0.15, -0.1) is 11.6 Å². The van der Waals surface area contributed by atoms with Crippen LogP contribution in [0.25, 0.3) is 0 Å². The van der Waals surface area contributed by atoms with Gasteiger partial charge in [-0.25, -0.2) is 4.79 Å². The van der Waals surface area contributed by atoms with Gasteiger partial charge in [-0.2, -0.15) is 0 Å². The van der Waals surface area contributed by atoms with Crippen molar-refractivity contribution in [3.8, 4) is 5.75 Å². The highest BCUT2D eigenvalue weighted by molar-refractivity contribution is 6.19. The average Bonchev–Trinajstić information content (AvgIpc) is 2.32. The molecule has 0 saturated heterocycles. The molecule has 0 aliphatic carbocycles. The molecule has 6 heteroatoms. The summed E-state index contributed by atoms with van der Waals surface area (Å²) in [6, 6.07) is 6.28. The molecule has 0 heterocycles. The Morgan fingerprint density at radius 1 is 1.28 bits per heavy atom. The zero-order chi connectivity index (χ0) is 13.4. The normalized spacial score (nSPS) is 9.67. The lowest BCUT2D eigenvalue weighted by Gasteiger charge is -2.07. The minimum Gasteiger partial charge on any atom is -0.494 e. The molecular weight excluding hydrogens is 256 g/mol. The minimum atomic E-state index is -0.575. The fraction of sp³-hybridized carbons (Fsp3) is 0.333. The fourth-order valence-electron chi connectivity index (χ4n) is 1.24. The van der Waals surface area contributed by atoms with Crippen LogP contribution in [0.15, 0.2) is 24.3 Å². The summed E-state index contributed by atoms with van der Waals surface area (Å²) < 4.78 is 5.27. The van der Waals surface area contributed by atoms with Gasteiger partial charge in [0.15, 0.2) is 0 Å². The van der Waals surface area contributed by atoms with Crippen LogP contribution in [0.5, 0.6) is 5.75 Å². The lowest BCUT2D eigenvalue weighted by atomic mass is 10.3. The van der Waals surface area contributed by atoms with E-state index in [0.29, 0.717) is 12.3 Å². The number of imide groups is 1. The number of carbonyl (C=O) groups is 2. The Bertz CT molecular complexity index is 406. The van der Waals surface area contributed by atoms with E-state index in [4.69, 9.17) is 16.3 Å². The van der Waals surface area contributed by atoms with Gasteiger partial charge >= 0.3 is 6.03 Å². The van der Waals surface area contributed by atoms with Crippen LogP contribution in [0.3, 0.4) is 0 Å². The Morgan fingerprint density at radius 2 is 1.94 bits per heavy atom. The van der Waals surface area contributed by atoms with Gasteiger partial charge in [-0.05, 0) is 31.2 Å². The maximum absolute atomic E-state index is 11.4. The molecule has 18 heavy (non-hydrogen) atoms. The molecule has 0 aromatic heterocycles. The summed E-state index contributed by atoms with van der Waals surface area (Å²) in [6.07, 6.45) is 0.109. The van der Waals surface area contributed by atoms with Gasteiger partial charge in [0.1, 0.15) is 5.75 Å². The van der Waals surface area contributed by atoms with E-state index in [0.717, 1.165) is 5.75 Å². The lowest BCUT2D eigenvalue weighted by molar-refractivity contribution is -0.119. The van der Waals surface area contributed by atoms with Gasteiger partial charge in [-0.1, -0.05) is 0 Å². The molecule has 0 fully saturated rings. The molecule has 0 atom stereocenters. The second-order valence-electron chi connectivity index (χ2n) is 3.40. The maximum Gasteiger partial charge on any atom is 0.325 e. The van der Waals surface area contributed by atoms with Crippen LogP contribution >= 0.6 is 11.6 Å². The number of hydrogen-bond acceptors (Lipinski definition) is 3. The fourth-order valence-corrected chi connectivity index (χ4v) is 1.41. The van der Waals surface area contributed by atoms with Crippen molar-refractivity contribution >= 4 is 29.2 Å². The highest BCUT2D eigenvalue weighted by atomic mass is 35.5. The first-order valence-electron chi connectivity index (χ1n) is 5.55. The van der Waals surface area contributed by atoms with E-state index in [1.165, 1.54) is 0 Å². The molecule has 5 nitrogen and oxygen atoms in total. The highest BCUT2D eigenvalue weighted by Gasteiger charge is 2.06. The third-order valence-corrected chi connectivity index (χ3v) is 2.19. The molecule has 3 amide bonds. The summed E-state index contributed by atoms with van der Waals surface area (Å²) >= 11 is 5.38. The molecule has 0 spiro atoms. The SMILES string of the molecule is CCOc1ccc(NC(=O)NC(=O)CCCl)cc1. The van der Waals surface area contributed by atoms with E-state index < -0.39 is 11.9 Å². The van der Waals surface area contributed by atoms with Crippen LogP contribution in [-0.4, -0.2) is 24.4 Å². The highest BCUT2D eigenvalue weighted by Crippen LogP contribution is 2.15. The Labute approximate surface area is 110 Å². The van der Waals surface area contributed by atoms with Crippen molar-refractivity contribution in [1.82, 2.24) is 5.32 Å². The van der Waals surface area contributed by atoms with E-state index in [-0.39, 0.29) is 12.3 Å². The van der Waals surface area contributed by atoms with E-state index in [9.17, 15) is 9.59 Å². The number of urea groups is 1. The first-order valence-corrected chi connectivity index (χ1v) is 6.08. The number of carbonyl (C=O) groups excluding carboxylic acids is 2. The summed E-state index contributed by atoms with van der Waals surface area (Å²) in [4.78, 5) is 22.5. The second-order valence-corrected chi connectivity index (χ2v) is 3.78. The number of ether oxygens (including phenoxy) is 1. The molecule has 0 bridgehead atoms. The quantitative estimate of drug-likeness (QED) is 0.807. The lowest BCUT2D eigenvalue weighted by Crippen LogP contribution is -2.34. The molecule has 0 aliphatic heterocycles. The number of amides is 3. The molecule has 1 aromatic rings. The van der Waals surface area contributed by atoms with Crippen molar-refractivity contribution < 1.29 is 14.3 Å². The van der Waals surface area contributed by atoms with Crippen LogP contribution in [0, 0.1) is 0 Å². The zero-order valence-electron chi connectivity index (χ0n) is 10.0. The number of halogens is 1. The Hall–Kier alpha value is -1.75. The van der Waals surface area contributed by atoms with Crippen LogP contribution in [0.1, 0.15) is 13.3 Å². The largest absolute Gasteiger partial charge is 0.494 e. The Kier molecular flexibility index (Phi) is 6.00. The average molecular weight is 271 g/mol. The van der Waals surface area contributed by atoms with Crippen molar-refractivity contribution in [2.45, 2.75) is 13.3 Å². The van der Waals surface area contributed by atoms with E-state index >= 15 is 0 Å². The van der Waals surface area contributed by atoms with Gasteiger partial charge in [0.05, 0.1) is 6.61 Å². The predicted molar refractivity (Wildman–Crippen MR) is 70.1 cm³/mol. The monoisotopic (exact) mass is 270 g/mol. The predicted octanol–water partition coefficient (Wildman–Crippen LogP) is 2.36. The van der Waals surface area contributed by atoms with Gasteiger partial charge in [0.25, 0.3) is 0 Å². The summed E-state index contributed by atoms with van der Waals surface area (Å²) in [7, 11) is 0. The Morgan fingerprint density at radius 3 is 2.50 bits per heavy atom. The third-order valence-electron chi connectivity index (χ3n) is 2.00. The number of anilines is 1. The topological polar surface area (TPSA) is 67.4 Å². The van der Waals surface area contributed by atoms with Crippen LogP contribution < -0.4 is 15.4 Å². The van der Waals surface area contributed by atoms with E-state index in [1.54, 1.807) is 24.3 Å². The molecular formula is C12H15ClN2O3. The van der Waals surface area contributed by atoms with Crippen LogP contribution in [0.2, 0.25) is 0 Å². The molecule has 0 aliphatic rings. The maximum atomic E-state index is 11.4. The van der Waals surface area contributed by atoms with Crippen molar-refractivity contribution in [2.75, 3.05) is 17.8 Å². The molecule has 2 N–H and O–H groups in total. The smallest absolute Gasteiger partial charge is 0.325 e. The van der Waals surface area contributed by atoms with Crippen molar-refractivity contribution in [3.05, 3.63) is 24.3 Å². The van der Waals surface area contributed by atoms with Gasteiger partial charge < -0.3 is 10.1 Å². The number of hydrogen-bond donors (Lipinski definition) is 2. The summed E-state index contributed by atoms with van der Waals surface area (Å²) in [5.74, 6) is 0.498. The van der Waals surface area contributed by atoms with Crippen LogP contribution in [0.4, 0.5) is 10.5 Å². The van der Waals surface area contributed by atoms with Crippen LogP contribution in [-0.2, 0) is 4.79 Å². The van der Waals surface area contributed by atoms with Gasteiger partial charge in [-0.3, -0.25) is 10.1 Å². The number of alkyl halides is 1.